The number of hydrogen-bond acceptors (Lipinski definition) is 4. The molecule has 1 aromatic rings. The smallest absolute Gasteiger partial charge is 0.242 e. The van der Waals surface area contributed by atoms with E-state index in [-0.39, 0.29) is 18.1 Å². The SMILES string of the molecule is Nc1cccc2c1CC(N1CCC(O)CC1)C(=O)N2. The normalized spacial score (nSPS) is 24.9. The van der Waals surface area contributed by atoms with Gasteiger partial charge in [0.2, 0.25) is 5.91 Å². The summed E-state index contributed by atoms with van der Waals surface area (Å²) in [7, 11) is 0. The second-order valence-electron chi connectivity index (χ2n) is 5.35. The molecule has 5 heteroatoms. The van der Waals surface area contributed by atoms with Crippen molar-refractivity contribution in [3.8, 4) is 0 Å². The van der Waals surface area contributed by atoms with Crippen LogP contribution in [0, 0.1) is 0 Å². The highest BCUT2D eigenvalue weighted by Gasteiger charge is 2.33. The Balaban J connectivity index is 1.81. The minimum Gasteiger partial charge on any atom is -0.398 e. The van der Waals surface area contributed by atoms with Crippen LogP contribution in [0.15, 0.2) is 18.2 Å². The third-order valence-electron chi connectivity index (χ3n) is 4.11. The number of aliphatic hydroxyl groups is 1. The van der Waals surface area contributed by atoms with Crippen molar-refractivity contribution >= 4 is 17.3 Å². The van der Waals surface area contributed by atoms with Crippen LogP contribution >= 0.6 is 0 Å². The van der Waals surface area contributed by atoms with Gasteiger partial charge in [-0.2, -0.15) is 0 Å². The second-order valence-corrected chi connectivity index (χ2v) is 5.35. The van der Waals surface area contributed by atoms with Gasteiger partial charge in [-0.3, -0.25) is 9.69 Å². The summed E-state index contributed by atoms with van der Waals surface area (Å²) in [4.78, 5) is 14.3. The van der Waals surface area contributed by atoms with E-state index in [1.54, 1.807) is 0 Å². The maximum absolute atomic E-state index is 12.2. The molecular formula is C14H19N3O2. The zero-order chi connectivity index (χ0) is 13.4. The largest absolute Gasteiger partial charge is 0.398 e. The van der Waals surface area contributed by atoms with Gasteiger partial charge >= 0.3 is 0 Å². The quantitative estimate of drug-likeness (QED) is 0.646. The van der Waals surface area contributed by atoms with Crippen molar-refractivity contribution in [2.45, 2.75) is 31.4 Å². The summed E-state index contributed by atoms with van der Waals surface area (Å²) >= 11 is 0. The Morgan fingerprint density at radius 1 is 1.32 bits per heavy atom. The van der Waals surface area contributed by atoms with Crippen LogP contribution in [-0.2, 0) is 11.2 Å². The summed E-state index contributed by atoms with van der Waals surface area (Å²) < 4.78 is 0. The van der Waals surface area contributed by atoms with Crippen molar-refractivity contribution < 1.29 is 9.90 Å². The van der Waals surface area contributed by atoms with Crippen molar-refractivity contribution in [2.75, 3.05) is 24.1 Å². The lowest BCUT2D eigenvalue weighted by Crippen LogP contribution is -2.51. The van der Waals surface area contributed by atoms with Gasteiger partial charge in [0, 0.05) is 36.4 Å². The molecule has 0 aliphatic carbocycles. The van der Waals surface area contributed by atoms with Crippen molar-refractivity contribution in [3.05, 3.63) is 23.8 Å². The molecule has 0 aromatic heterocycles. The van der Waals surface area contributed by atoms with E-state index >= 15 is 0 Å². The van der Waals surface area contributed by atoms with Crippen LogP contribution in [0.3, 0.4) is 0 Å². The molecule has 0 bridgehead atoms. The molecule has 1 unspecified atom stereocenters. The topological polar surface area (TPSA) is 78.6 Å². The molecule has 0 radical (unpaired) electrons. The number of nitrogen functional groups attached to an aromatic ring is 1. The molecule has 3 rings (SSSR count). The van der Waals surface area contributed by atoms with Crippen LogP contribution in [0.25, 0.3) is 0 Å². The average Bonchev–Trinajstić information content (AvgIpc) is 2.40. The number of likely N-dealkylation sites (tertiary alicyclic amines) is 1. The van der Waals surface area contributed by atoms with Crippen molar-refractivity contribution in [1.29, 1.82) is 0 Å². The number of nitrogens with zero attached hydrogens (tertiary/aromatic N) is 1. The molecule has 5 nitrogen and oxygen atoms in total. The molecule has 102 valence electrons. The van der Waals surface area contributed by atoms with Crippen LogP contribution in [0.2, 0.25) is 0 Å². The molecule has 2 heterocycles. The molecule has 1 amide bonds. The van der Waals surface area contributed by atoms with Crippen LogP contribution < -0.4 is 11.1 Å². The van der Waals surface area contributed by atoms with Gasteiger partial charge in [0.1, 0.15) is 0 Å². The molecule has 1 saturated heterocycles. The zero-order valence-corrected chi connectivity index (χ0v) is 10.8. The van der Waals surface area contributed by atoms with Gasteiger partial charge in [-0.1, -0.05) is 6.07 Å². The number of fused-ring (bicyclic) bond motifs is 1. The lowest BCUT2D eigenvalue weighted by molar-refractivity contribution is -0.122. The third kappa shape index (κ3) is 2.31. The van der Waals surface area contributed by atoms with Crippen molar-refractivity contribution in [2.24, 2.45) is 0 Å². The summed E-state index contributed by atoms with van der Waals surface area (Å²) in [6.45, 7) is 1.53. The maximum atomic E-state index is 12.2. The average molecular weight is 261 g/mol. The van der Waals surface area contributed by atoms with E-state index in [4.69, 9.17) is 5.73 Å². The van der Waals surface area contributed by atoms with Crippen molar-refractivity contribution in [1.82, 2.24) is 4.90 Å². The van der Waals surface area contributed by atoms with Crippen molar-refractivity contribution in [3.63, 3.8) is 0 Å². The molecule has 1 fully saturated rings. The highest BCUT2D eigenvalue weighted by molar-refractivity contribution is 5.99. The van der Waals surface area contributed by atoms with Crippen LogP contribution in [0.1, 0.15) is 18.4 Å². The number of nitrogens with one attached hydrogen (secondary N) is 1. The summed E-state index contributed by atoms with van der Waals surface area (Å²) in [5, 5.41) is 12.5. The van der Waals surface area contributed by atoms with Gasteiger partial charge in [-0.15, -0.1) is 0 Å². The Bertz CT molecular complexity index is 495. The Labute approximate surface area is 112 Å². The lowest BCUT2D eigenvalue weighted by atomic mass is 9.94. The number of carbonyl (C=O) groups is 1. The lowest BCUT2D eigenvalue weighted by Gasteiger charge is -2.38. The highest BCUT2D eigenvalue weighted by atomic mass is 16.3. The molecule has 0 saturated carbocycles. The minimum absolute atomic E-state index is 0.0366. The molecule has 19 heavy (non-hydrogen) atoms. The fourth-order valence-electron chi connectivity index (χ4n) is 2.94. The third-order valence-corrected chi connectivity index (χ3v) is 4.11. The molecule has 2 aliphatic rings. The summed E-state index contributed by atoms with van der Waals surface area (Å²) in [5.74, 6) is 0.0366. The maximum Gasteiger partial charge on any atom is 0.242 e. The Hall–Kier alpha value is -1.59. The molecule has 0 spiro atoms. The van der Waals surface area contributed by atoms with Gasteiger partial charge in [0.15, 0.2) is 0 Å². The molecular weight excluding hydrogens is 242 g/mol. The van der Waals surface area contributed by atoms with Gasteiger partial charge in [-0.05, 0) is 25.0 Å². The van der Waals surface area contributed by atoms with Crippen LogP contribution in [0.5, 0.6) is 0 Å². The number of piperidine rings is 1. The number of nitrogens with two attached hydrogens (primary N) is 1. The molecule has 4 N–H and O–H groups in total. The number of benzene rings is 1. The van der Waals surface area contributed by atoms with Gasteiger partial charge in [-0.25, -0.2) is 0 Å². The van der Waals surface area contributed by atoms with E-state index in [0.717, 1.165) is 42.9 Å². The van der Waals surface area contributed by atoms with E-state index in [0.29, 0.717) is 6.42 Å². The highest BCUT2D eigenvalue weighted by Crippen LogP contribution is 2.30. The number of hydrogen-bond donors (Lipinski definition) is 3. The number of amides is 1. The van der Waals surface area contributed by atoms with E-state index in [9.17, 15) is 9.90 Å². The second kappa shape index (κ2) is 4.83. The summed E-state index contributed by atoms with van der Waals surface area (Å²) in [6.07, 6.45) is 1.91. The molecule has 1 atom stereocenters. The Kier molecular flexibility index (Phi) is 3.16. The van der Waals surface area contributed by atoms with Gasteiger partial charge in [0.05, 0.1) is 12.1 Å². The van der Waals surface area contributed by atoms with Crippen LogP contribution in [0.4, 0.5) is 11.4 Å². The monoisotopic (exact) mass is 261 g/mol. The first kappa shape index (κ1) is 12.4. The number of rotatable bonds is 1. The standard InChI is InChI=1S/C14H19N3O2/c15-11-2-1-3-12-10(11)8-13(14(19)16-12)17-6-4-9(18)5-7-17/h1-3,9,13,18H,4-8,15H2,(H,16,19). The molecule has 1 aromatic carbocycles. The number of aliphatic hydroxyl groups excluding tert-OH is 1. The fraction of sp³-hybridized carbons (Fsp3) is 0.500. The Morgan fingerprint density at radius 2 is 2.05 bits per heavy atom. The minimum atomic E-state index is -0.222. The fourth-order valence-corrected chi connectivity index (χ4v) is 2.94. The first-order chi connectivity index (χ1) is 9.15. The van der Waals surface area contributed by atoms with Gasteiger partial charge < -0.3 is 16.2 Å². The van der Waals surface area contributed by atoms with E-state index in [1.807, 2.05) is 18.2 Å². The number of anilines is 2. The van der Waals surface area contributed by atoms with E-state index in [2.05, 4.69) is 10.2 Å². The first-order valence-electron chi connectivity index (χ1n) is 6.75. The summed E-state index contributed by atoms with van der Waals surface area (Å²) in [5.41, 5.74) is 8.58. The molecule has 2 aliphatic heterocycles. The van der Waals surface area contributed by atoms with E-state index in [1.165, 1.54) is 0 Å². The predicted octanol–water partition coefficient (Wildman–Crippen LogP) is 0.589. The zero-order valence-electron chi connectivity index (χ0n) is 10.8. The first-order valence-corrected chi connectivity index (χ1v) is 6.75. The van der Waals surface area contributed by atoms with Gasteiger partial charge in [0.25, 0.3) is 0 Å². The van der Waals surface area contributed by atoms with E-state index < -0.39 is 0 Å². The summed E-state index contributed by atoms with van der Waals surface area (Å²) in [6, 6.07) is 5.45. The number of carbonyl (C=O) groups excluding carboxylic acids is 1. The predicted molar refractivity (Wildman–Crippen MR) is 73.8 cm³/mol. The van der Waals surface area contributed by atoms with Crippen LogP contribution in [-0.4, -0.2) is 41.1 Å². The Morgan fingerprint density at radius 3 is 2.79 bits per heavy atom.